The molecule has 0 spiro atoms. The monoisotopic (exact) mass is 587 g/mol. The highest BCUT2D eigenvalue weighted by Crippen LogP contribution is 2.37. The van der Waals surface area contributed by atoms with E-state index in [2.05, 4.69) is 54.0 Å². The van der Waals surface area contributed by atoms with Crippen LogP contribution in [0.25, 0.3) is 0 Å². The summed E-state index contributed by atoms with van der Waals surface area (Å²) in [6, 6.07) is 33.7. The summed E-state index contributed by atoms with van der Waals surface area (Å²) in [5.41, 5.74) is 7.54. The highest BCUT2D eigenvalue weighted by atomic mass is 32.2. The van der Waals surface area contributed by atoms with Crippen molar-refractivity contribution in [2.75, 3.05) is 10.6 Å². The Bertz CT molecular complexity index is 1760. The maximum atomic E-state index is 13.9. The minimum absolute atomic E-state index is 0.195. The SMILES string of the molecule is CC1=C(C(=O)Nc2cccc(C)c2)C(c2ccc(OCc3ccc(C)cc3)cc2)n2nc(SCc3ccccc3)nc2N1. The van der Waals surface area contributed by atoms with Crippen LogP contribution in [0.1, 0.15) is 40.8 Å². The molecule has 0 aliphatic carbocycles. The van der Waals surface area contributed by atoms with E-state index in [4.69, 9.17) is 14.8 Å². The Morgan fingerprint density at radius 2 is 1.65 bits per heavy atom. The fraction of sp³-hybridized carbons (Fsp3) is 0.171. The minimum Gasteiger partial charge on any atom is -0.489 e. The molecule has 216 valence electrons. The van der Waals surface area contributed by atoms with E-state index < -0.39 is 6.04 Å². The fourth-order valence-electron chi connectivity index (χ4n) is 5.04. The third kappa shape index (κ3) is 6.65. The summed E-state index contributed by atoms with van der Waals surface area (Å²) in [7, 11) is 0. The Morgan fingerprint density at radius 3 is 2.40 bits per heavy atom. The average Bonchev–Trinajstić information content (AvgIpc) is 3.42. The number of nitrogens with zero attached hydrogens (tertiary/aromatic N) is 3. The standard InChI is InChI=1S/C35H33N5O2S/c1-23-12-14-26(15-13-23)21-42-30-18-16-28(17-19-30)32-31(33(41)37-29-11-7-8-24(2)20-29)25(3)36-34-38-35(39-40(32)34)43-22-27-9-5-4-6-10-27/h4-20,32H,21-22H2,1-3H3,(H,37,41)(H,36,38,39). The predicted octanol–water partition coefficient (Wildman–Crippen LogP) is 7.69. The quantitative estimate of drug-likeness (QED) is 0.172. The van der Waals surface area contributed by atoms with Gasteiger partial charge in [-0.15, -0.1) is 5.10 Å². The van der Waals surface area contributed by atoms with Gasteiger partial charge in [-0.05, 0) is 67.3 Å². The molecule has 0 saturated carbocycles. The first-order chi connectivity index (χ1) is 20.9. The van der Waals surface area contributed by atoms with E-state index in [-0.39, 0.29) is 5.91 Å². The molecule has 1 unspecified atom stereocenters. The number of nitrogens with one attached hydrogen (secondary N) is 2. The summed E-state index contributed by atoms with van der Waals surface area (Å²) < 4.78 is 7.88. The van der Waals surface area contributed by atoms with Gasteiger partial charge < -0.3 is 15.4 Å². The Hall–Kier alpha value is -4.82. The van der Waals surface area contributed by atoms with Crippen molar-refractivity contribution in [3.63, 3.8) is 0 Å². The fourth-order valence-corrected chi connectivity index (χ4v) is 5.82. The van der Waals surface area contributed by atoms with Crippen molar-refractivity contribution in [2.45, 2.75) is 44.3 Å². The van der Waals surface area contributed by atoms with Crippen LogP contribution in [0.4, 0.5) is 11.6 Å². The van der Waals surface area contributed by atoms with Crippen LogP contribution >= 0.6 is 11.8 Å². The molecule has 1 aliphatic heterocycles. The van der Waals surface area contributed by atoms with Gasteiger partial charge in [0.1, 0.15) is 18.4 Å². The number of carbonyl (C=O) groups excluding carboxylic acids is 1. The number of aryl methyl sites for hydroxylation is 2. The number of carbonyl (C=O) groups is 1. The van der Waals surface area contributed by atoms with Crippen molar-refractivity contribution in [1.82, 2.24) is 14.8 Å². The van der Waals surface area contributed by atoms with Crippen molar-refractivity contribution in [3.8, 4) is 5.75 Å². The van der Waals surface area contributed by atoms with E-state index in [1.807, 2.05) is 85.3 Å². The van der Waals surface area contributed by atoms with E-state index >= 15 is 0 Å². The Labute approximate surface area is 256 Å². The Kier molecular flexibility index (Phi) is 8.29. The molecule has 6 rings (SSSR count). The largest absolute Gasteiger partial charge is 0.489 e. The second kappa shape index (κ2) is 12.6. The zero-order valence-electron chi connectivity index (χ0n) is 24.4. The van der Waals surface area contributed by atoms with Crippen molar-refractivity contribution < 1.29 is 9.53 Å². The first-order valence-corrected chi connectivity index (χ1v) is 15.2. The van der Waals surface area contributed by atoms with Gasteiger partial charge in [0.2, 0.25) is 11.1 Å². The number of rotatable bonds is 9. The second-order valence-corrected chi connectivity index (χ2v) is 11.6. The van der Waals surface area contributed by atoms with Crippen molar-refractivity contribution in [3.05, 3.63) is 142 Å². The van der Waals surface area contributed by atoms with E-state index in [1.54, 1.807) is 11.8 Å². The van der Waals surface area contributed by atoms with E-state index in [1.165, 1.54) is 11.1 Å². The molecule has 1 aromatic heterocycles. The number of thioether (sulfide) groups is 1. The molecule has 0 bridgehead atoms. The number of hydrogen-bond acceptors (Lipinski definition) is 6. The van der Waals surface area contributed by atoms with Crippen LogP contribution < -0.4 is 15.4 Å². The highest BCUT2D eigenvalue weighted by Gasteiger charge is 2.34. The number of benzene rings is 4. The van der Waals surface area contributed by atoms with Gasteiger partial charge in [0.25, 0.3) is 5.91 Å². The van der Waals surface area contributed by atoms with Crippen LogP contribution in [0, 0.1) is 13.8 Å². The molecular formula is C35H33N5O2S. The first-order valence-electron chi connectivity index (χ1n) is 14.2. The lowest BCUT2D eigenvalue weighted by molar-refractivity contribution is -0.113. The topological polar surface area (TPSA) is 81.1 Å². The van der Waals surface area contributed by atoms with Crippen LogP contribution in [-0.2, 0) is 17.2 Å². The molecule has 8 heteroatoms. The number of fused-ring (bicyclic) bond motifs is 1. The summed E-state index contributed by atoms with van der Waals surface area (Å²) in [5.74, 6) is 1.90. The van der Waals surface area contributed by atoms with E-state index in [9.17, 15) is 4.79 Å². The third-order valence-electron chi connectivity index (χ3n) is 7.29. The molecule has 0 fully saturated rings. The molecule has 1 amide bonds. The van der Waals surface area contributed by atoms with Gasteiger partial charge in [0.05, 0.1) is 5.57 Å². The molecule has 5 aromatic rings. The molecule has 2 heterocycles. The Balaban J connectivity index is 1.29. The Morgan fingerprint density at radius 1 is 0.884 bits per heavy atom. The molecule has 0 radical (unpaired) electrons. The number of aromatic nitrogens is 3. The molecule has 1 atom stereocenters. The van der Waals surface area contributed by atoms with Crippen LogP contribution in [0.15, 0.2) is 120 Å². The van der Waals surface area contributed by atoms with Gasteiger partial charge in [-0.1, -0.05) is 96.2 Å². The summed E-state index contributed by atoms with van der Waals surface area (Å²) in [6.07, 6.45) is 0. The van der Waals surface area contributed by atoms with E-state index in [0.717, 1.165) is 39.6 Å². The molecule has 7 nitrogen and oxygen atoms in total. The summed E-state index contributed by atoms with van der Waals surface area (Å²) in [4.78, 5) is 18.6. The van der Waals surface area contributed by atoms with Crippen LogP contribution in [0.5, 0.6) is 5.75 Å². The number of hydrogen-bond donors (Lipinski definition) is 2. The minimum atomic E-state index is -0.481. The number of amides is 1. The molecular weight excluding hydrogens is 554 g/mol. The zero-order chi connectivity index (χ0) is 29.8. The maximum Gasteiger partial charge on any atom is 0.255 e. The van der Waals surface area contributed by atoms with Gasteiger partial charge in [-0.25, -0.2) is 4.68 Å². The van der Waals surface area contributed by atoms with Gasteiger partial charge in [0.15, 0.2) is 0 Å². The molecule has 1 aliphatic rings. The first kappa shape index (κ1) is 28.3. The van der Waals surface area contributed by atoms with Gasteiger partial charge in [-0.3, -0.25) is 4.79 Å². The maximum absolute atomic E-state index is 13.9. The highest BCUT2D eigenvalue weighted by molar-refractivity contribution is 7.98. The van der Waals surface area contributed by atoms with Gasteiger partial charge >= 0.3 is 0 Å². The van der Waals surface area contributed by atoms with E-state index in [0.29, 0.717) is 23.3 Å². The van der Waals surface area contributed by atoms with Crippen molar-refractivity contribution in [1.29, 1.82) is 0 Å². The van der Waals surface area contributed by atoms with Gasteiger partial charge in [0, 0.05) is 17.1 Å². The van der Waals surface area contributed by atoms with Gasteiger partial charge in [-0.2, -0.15) is 4.98 Å². The number of allylic oxidation sites excluding steroid dienone is 1. The zero-order valence-corrected chi connectivity index (χ0v) is 25.2. The van der Waals surface area contributed by atoms with Crippen LogP contribution in [-0.4, -0.2) is 20.7 Å². The van der Waals surface area contributed by atoms with Crippen molar-refractivity contribution >= 4 is 29.3 Å². The summed E-state index contributed by atoms with van der Waals surface area (Å²) in [5, 5.41) is 11.9. The van der Waals surface area contributed by atoms with Crippen LogP contribution in [0.2, 0.25) is 0 Å². The predicted molar refractivity (Wildman–Crippen MR) is 172 cm³/mol. The lowest BCUT2D eigenvalue weighted by Gasteiger charge is -2.28. The van der Waals surface area contributed by atoms with Crippen LogP contribution in [0.3, 0.4) is 0 Å². The lowest BCUT2D eigenvalue weighted by atomic mass is 9.95. The number of anilines is 2. The second-order valence-electron chi connectivity index (χ2n) is 10.7. The molecule has 4 aromatic carbocycles. The molecule has 43 heavy (non-hydrogen) atoms. The third-order valence-corrected chi connectivity index (χ3v) is 8.20. The average molecular weight is 588 g/mol. The smallest absolute Gasteiger partial charge is 0.255 e. The van der Waals surface area contributed by atoms with Crippen molar-refractivity contribution in [2.24, 2.45) is 0 Å². The summed E-state index contributed by atoms with van der Waals surface area (Å²) >= 11 is 1.56. The number of ether oxygens (including phenoxy) is 1. The molecule has 2 N–H and O–H groups in total. The summed E-state index contributed by atoms with van der Waals surface area (Å²) in [6.45, 7) is 6.46. The normalized spacial score (nSPS) is 14.2. The molecule has 0 saturated heterocycles. The lowest BCUT2D eigenvalue weighted by Crippen LogP contribution is -2.31.